The van der Waals surface area contributed by atoms with Crippen LogP contribution in [0.25, 0.3) is 0 Å². The quantitative estimate of drug-likeness (QED) is 0.707. The molecule has 0 amide bonds. The Morgan fingerprint density at radius 1 is 1.20 bits per heavy atom. The molecule has 0 radical (unpaired) electrons. The lowest BCUT2D eigenvalue weighted by molar-refractivity contribution is -0.188. The summed E-state index contributed by atoms with van der Waals surface area (Å²) in [4.78, 5) is 12.4. The molecule has 0 spiro atoms. The van der Waals surface area contributed by atoms with Crippen molar-refractivity contribution in [2.75, 3.05) is 0 Å². The van der Waals surface area contributed by atoms with E-state index in [0.29, 0.717) is 18.1 Å². The third-order valence-electron chi connectivity index (χ3n) is 6.95. The van der Waals surface area contributed by atoms with E-state index in [4.69, 9.17) is 9.47 Å². The van der Waals surface area contributed by atoms with Crippen molar-refractivity contribution in [3.05, 3.63) is 0 Å². The SMILES string of the molecule is CCC(=O)[C@H](CC)[C@H]1O[C@](CC)([C@H]2CC[C@@](CC)([C@@H](C)O)O2)C[C@@H]1C. The van der Waals surface area contributed by atoms with Crippen molar-refractivity contribution in [2.24, 2.45) is 11.8 Å². The van der Waals surface area contributed by atoms with Gasteiger partial charge in [-0.15, -0.1) is 0 Å². The van der Waals surface area contributed by atoms with E-state index < -0.39 is 11.7 Å². The van der Waals surface area contributed by atoms with Gasteiger partial charge in [0.05, 0.1) is 29.5 Å². The standard InChI is InChI=1S/C21H38O4/c1-7-16(17(23)8-2)19-14(5)13-21(10-4,25-19)18-11-12-20(9-3,24-18)15(6)22/h14-16,18-19,22H,7-13H2,1-6H3/t14-,15+,16-,18+,19-,20-,21-/m0/s1. The Bertz CT molecular complexity index is 463. The van der Waals surface area contributed by atoms with E-state index in [-0.39, 0.29) is 23.7 Å². The highest BCUT2D eigenvalue weighted by Crippen LogP contribution is 2.50. The average Bonchev–Trinajstić information content (AvgIpc) is 3.19. The van der Waals surface area contributed by atoms with Crippen LogP contribution in [0.15, 0.2) is 0 Å². The maximum atomic E-state index is 12.4. The molecule has 0 aliphatic carbocycles. The highest BCUT2D eigenvalue weighted by atomic mass is 16.6. The third-order valence-corrected chi connectivity index (χ3v) is 6.95. The number of Topliss-reactive ketones (excluding diaryl/α,β-unsaturated/α-hetero) is 1. The van der Waals surface area contributed by atoms with Gasteiger partial charge in [0.15, 0.2) is 0 Å². The van der Waals surface area contributed by atoms with Crippen LogP contribution in [-0.4, -0.2) is 40.4 Å². The Kier molecular flexibility index (Phi) is 6.72. The fourth-order valence-electron chi connectivity index (χ4n) is 5.15. The number of aliphatic hydroxyl groups excluding tert-OH is 1. The zero-order valence-corrected chi connectivity index (χ0v) is 17.0. The summed E-state index contributed by atoms with van der Waals surface area (Å²) in [5, 5.41) is 10.2. The van der Waals surface area contributed by atoms with Gasteiger partial charge in [-0.05, 0) is 51.4 Å². The molecule has 2 aliphatic rings. The van der Waals surface area contributed by atoms with Crippen molar-refractivity contribution in [3.8, 4) is 0 Å². The zero-order valence-electron chi connectivity index (χ0n) is 17.0. The summed E-state index contributed by atoms with van der Waals surface area (Å²) in [6.45, 7) is 12.3. The minimum Gasteiger partial charge on any atom is -0.390 e. The predicted molar refractivity (Wildman–Crippen MR) is 99.6 cm³/mol. The first kappa shape index (κ1) is 20.9. The van der Waals surface area contributed by atoms with Crippen molar-refractivity contribution < 1.29 is 19.4 Å². The fourth-order valence-corrected chi connectivity index (χ4v) is 5.15. The monoisotopic (exact) mass is 354 g/mol. The number of ether oxygens (including phenoxy) is 2. The Hall–Kier alpha value is -0.450. The maximum absolute atomic E-state index is 12.4. The summed E-state index contributed by atoms with van der Waals surface area (Å²) >= 11 is 0. The van der Waals surface area contributed by atoms with Crippen LogP contribution in [0.4, 0.5) is 0 Å². The topological polar surface area (TPSA) is 55.8 Å². The normalized spacial score (nSPS) is 41.0. The van der Waals surface area contributed by atoms with Crippen LogP contribution in [0, 0.1) is 11.8 Å². The average molecular weight is 355 g/mol. The molecule has 2 rings (SSSR count). The van der Waals surface area contributed by atoms with E-state index in [1.54, 1.807) is 0 Å². The van der Waals surface area contributed by atoms with Crippen LogP contribution < -0.4 is 0 Å². The summed E-state index contributed by atoms with van der Waals surface area (Å²) < 4.78 is 13.1. The second kappa shape index (κ2) is 8.06. The van der Waals surface area contributed by atoms with Crippen LogP contribution in [-0.2, 0) is 14.3 Å². The number of hydrogen-bond acceptors (Lipinski definition) is 4. The summed E-state index contributed by atoms with van der Waals surface area (Å²) in [5.41, 5.74) is -0.766. The molecule has 0 saturated carbocycles. The van der Waals surface area contributed by atoms with Crippen molar-refractivity contribution in [3.63, 3.8) is 0 Å². The molecule has 4 nitrogen and oxygen atoms in total. The number of hydrogen-bond donors (Lipinski definition) is 1. The van der Waals surface area contributed by atoms with Gasteiger partial charge in [0, 0.05) is 12.3 Å². The first-order chi connectivity index (χ1) is 11.8. The zero-order chi connectivity index (χ0) is 18.8. The molecule has 0 aromatic heterocycles. The van der Waals surface area contributed by atoms with Crippen molar-refractivity contribution >= 4 is 5.78 Å². The third kappa shape index (κ3) is 3.68. The molecular weight excluding hydrogens is 316 g/mol. The fraction of sp³-hybridized carbons (Fsp3) is 0.952. The molecule has 4 heteroatoms. The Balaban J connectivity index is 2.21. The Morgan fingerprint density at radius 2 is 1.88 bits per heavy atom. The van der Waals surface area contributed by atoms with Crippen LogP contribution in [0.1, 0.15) is 86.5 Å². The van der Waals surface area contributed by atoms with E-state index in [9.17, 15) is 9.90 Å². The molecule has 2 heterocycles. The van der Waals surface area contributed by atoms with Crippen molar-refractivity contribution in [1.29, 1.82) is 0 Å². The van der Waals surface area contributed by atoms with Gasteiger partial charge in [0.2, 0.25) is 0 Å². The second-order valence-electron chi connectivity index (χ2n) is 8.26. The predicted octanol–water partition coefficient (Wildman–Crippen LogP) is 4.27. The molecule has 0 bridgehead atoms. The van der Waals surface area contributed by atoms with E-state index in [2.05, 4.69) is 27.7 Å². The highest BCUT2D eigenvalue weighted by Gasteiger charge is 2.56. The molecule has 0 unspecified atom stereocenters. The number of carbonyl (C=O) groups excluding carboxylic acids is 1. The largest absolute Gasteiger partial charge is 0.390 e. The molecule has 146 valence electrons. The molecule has 7 atom stereocenters. The summed E-state index contributed by atoms with van der Waals surface area (Å²) in [6, 6.07) is 0. The van der Waals surface area contributed by atoms with Gasteiger partial charge < -0.3 is 14.6 Å². The van der Waals surface area contributed by atoms with E-state index in [1.165, 1.54) is 0 Å². The minimum atomic E-state index is -0.476. The molecule has 2 saturated heterocycles. The molecule has 0 aromatic carbocycles. The molecule has 25 heavy (non-hydrogen) atoms. The lowest BCUT2D eigenvalue weighted by Crippen LogP contribution is -2.47. The maximum Gasteiger partial charge on any atom is 0.138 e. The smallest absolute Gasteiger partial charge is 0.138 e. The van der Waals surface area contributed by atoms with Gasteiger partial charge in [-0.1, -0.05) is 34.6 Å². The lowest BCUT2D eigenvalue weighted by atomic mass is 9.81. The number of ketones is 1. The molecule has 2 aliphatic heterocycles. The summed E-state index contributed by atoms with van der Waals surface area (Å²) in [6.07, 6.45) is 5.36. The van der Waals surface area contributed by atoms with Gasteiger partial charge in [0.25, 0.3) is 0 Å². The van der Waals surface area contributed by atoms with Gasteiger partial charge in [-0.3, -0.25) is 4.79 Å². The second-order valence-corrected chi connectivity index (χ2v) is 8.26. The Labute approximate surface area is 153 Å². The van der Waals surface area contributed by atoms with Crippen molar-refractivity contribution in [2.45, 2.75) is 116 Å². The van der Waals surface area contributed by atoms with Crippen LogP contribution in [0.2, 0.25) is 0 Å². The number of rotatable bonds is 8. The molecule has 2 fully saturated rings. The Morgan fingerprint density at radius 3 is 2.32 bits per heavy atom. The molecule has 0 aromatic rings. The summed E-state index contributed by atoms with van der Waals surface area (Å²) in [7, 11) is 0. The van der Waals surface area contributed by atoms with Crippen LogP contribution >= 0.6 is 0 Å². The first-order valence-electron chi connectivity index (χ1n) is 10.4. The van der Waals surface area contributed by atoms with Crippen LogP contribution in [0.5, 0.6) is 0 Å². The number of aliphatic hydroxyl groups is 1. The number of carbonyl (C=O) groups is 1. The van der Waals surface area contributed by atoms with Gasteiger partial charge in [-0.25, -0.2) is 0 Å². The van der Waals surface area contributed by atoms with Gasteiger partial charge in [-0.2, -0.15) is 0 Å². The van der Waals surface area contributed by atoms with E-state index >= 15 is 0 Å². The minimum absolute atomic E-state index is 0.00809. The molecular formula is C21H38O4. The van der Waals surface area contributed by atoms with Crippen molar-refractivity contribution in [1.82, 2.24) is 0 Å². The van der Waals surface area contributed by atoms with E-state index in [0.717, 1.165) is 38.5 Å². The highest BCUT2D eigenvalue weighted by molar-refractivity contribution is 5.81. The van der Waals surface area contributed by atoms with Gasteiger partial charge in [0.1, 0.15) is 5.78 Å². The lowest BCUT2D eigenvalue weighted by Gasteiger charge is -2.38. The summed E-state index contributed by atoms with van der Waals surface area (Å²) in [5.74, 6) is 0.653. The van der Waals surface area contributed by atoms with Crippen LogP contribution in [0.3, 0.4) is 0 Å². The van der Waals surface area contributed by atoms with Gasteiger partial charge >= 0.3 is 0 Å². The molecule has 1 N–H and O–H groups in total. The first-order valence-corrected chi connectivity index (χ1v) is 10.4. The van der Waals surface area contributed by atoms with E-state index in [1.807, 2.05) is 13.8 Å².